The number of aromatic nitrogens is 2. The molecule has 88 valence electrons. The van der Waals surface area contributed by atoms with Gasteiger partial charge in [0, 0.05) is 12.5 Å². The highest BCUT2D eigenvalue weighted by atomic mass is 16.5. The van der Waals surface area contributed by atoms with Gasteiger partial charge in [0.25, 0.3) is 0 Å². The van der Waals surface area contributed by atoms with E-state index >= 15 is 0 Å². The lowest BCUT2D eigenvalue weighted by Gasteiger charge is -2.16. The van der Waals surface area contributed by atoms with E-state index in [2.05, 4.69) is 22.1 Å². The first-order valence-corrected chi connectivity index (χ1v) is 5.38. The summed E-state index contributed by atoms with van der Waals surface area (Å²) in [6, 6.07) is 0.454. The molecule has 0 bridgehead atoms. The van der Waals surface area contributed by atoms with Gasteiger partial charge >= 0.3 is 5.97 Å². The average molecular weight is 225 g/mol. The zero-order chi connectivity index (χ0) is 11.5. The first-order chi connectivity index (χ1) is 7.65. The maximum Gasteiger partial charge on any atom is 0.312 e. The molecule has 2 heterocycles. The molecular weight excluding hydrogens is 210 g/mol. The van der Waals surface area contributed by atoms with E-state index < -0.39 is 5.97 Å². The van der Waals surface area contributed by atoms with Gasteiger partial charge < -0.3 is 14.5 Å². The Morgan fingerprint density at radius 2 is 2.50 bits per heavy atom. The highest BCUT2D eigenvalue weighted by Crippen LogP contribution is 2.17. The fraction of sp³-hybridized carbons (Fsp3) is 0.700. The minimum absolute atomic E-state index is 0.183. The molecule has 6 heteroatoms. The Bertz CT molecular complexity index is 377. The number of likely N-dealkylation sites (tertiary alicyclic amines) is 1. The van der Waals surface area contributed by atoms with Crippen LogP contribution in [-0.2, 0) is 17.6 Å². The largest absolute Gasteiger partial charge is 0.481 e. The van der Waals surface area contributed by atoms with Crippen molar-refractivity contribution in [2.75, 3.05) is 13.6 Å². The Kier molecular flexibility index (Phi) is 3.19. The molecule has 0 saturated carbocycles. The van der Waals surface area contributed by atoms with Crippen LogP contribution in [0, 0.1) is 0 Å². The molecule has 16 heavy (non-hydrogen) atoms. The second-order valence-electron chi connectivity index (χ2n) is 4.16. The molecule has 0 aliphatic carbocycles. The molecular formula is C10H15N3O3. The fourth-order valence-corrected chi connectivity index (χ4v) is 2.02. The van der Waals surface area contributed by atoms with Crippen LogP contribution in [0.4, 0.5) is 0 Å². The smallest absolute Gasteiger partial charge is 0.312 e. The Morgan fingerprint density at radius 3 is 3.12 bits per heavy atom. The Morgan fingerprint density at radius 1 is 1.69 bits per heavy atom. The van der Waals surface area contributed by atoms with Gasteiger partial charge in [-0.2, -0.15) is 4.98 Å². The Hall–Kier alpha value is -1.43. The van der Waals surface area contributed by atoms with Crippen molar-refractivity contribution >= 4 is 5.97 Å². The second-order valence-corrected chi connectivity index (χ2v) is 4.16. The van der Waals surface area contributed by atoms with Crippen molar-refractivity contribution in [1.82, 2.24) is 15.0 Å². The van der Waals surface area contributed by atoms with Crippen LogP contribution in [0.25, 0.3) is 0 Å². The van der Waals surface area contributed by atoms with Gasteiger partial charge in [0.2, 0.25) is 5.89 Å². The quantitative estimate of drug-likeness (QED) is 0.795. The standard InChI is InChI=1S/C10H15N3O3/c1-13-4-2-3-7(13)5-8-11-9(16-12-8)6-10(14)15/h7H,2-6H2,1H3,(H,14,15). The molecule has 0 aromatic carbocycles. The molecule has 1 fully saturated rings. The monoisotopic (exact) mass is 225 g/mol. The number of rotatable bonds is 4. The number of hydrogen-bond donors (Lipinski definition) is 1. The van der Waals surface area contributed by atoms with Gasteiger partial charge in [-0.1, -0.05) is 5.16 Å². The molecule has 2 rings (SSSR count). The summed E-state index contributed by atoms with van der Waals surface area (Å²) in [6.45, 7) is 1.10. The lowest BCUT2D eigenvalue weighted by atomic mass is 10.1. The molecule has 0 radical (unpaired) electrons. The maximum atomic E-state index is 10.4. The molecule has 1 aromatic heterocycles. The van der Waals surface area contributed by atoms with Crippen molar-refractivity contribution in [2.45, 2.75) is 31.7 Å². The second kappa shape index (κ2) is 4.61. The topological polar surface area (TPSA) is 79.5 Å². The maximum absolute atomic E-state index is 10.4. The van der Waals surface area contributed by atoms with E-state index in [9.17, 15) is 4.79 Å². The summed E-state index contributed by atoms with van der Waals surface area (Å²) in [5.74, 6) is -0.161. The van der Waals surface area contributed by atoms with Crippen LogP contribution in [0.15, 0.2) is 4.52 Å². The molecule has 1 aliphatic heterocycles. The number of carboxylic acids is 1. The molecule has 1 aliphatic rings. The summed E-state index contributed by atoms with van der Waals surface area (Å²) < 4.78 is 4.86. The summed E-state index contributed by atoms with van der Waals surface area (Å²) in [7, 11) is 2.08. The van der Waals surface area contributed by atoms with Crippen LogP contribution >= 0.6 is 0 Å². The third-order valence-corrected chi connectivity index (χ3v) is 2.90. The van der Waals surface area contributed by atoms with Crippen molar-refractivity contribution in [2.24, 2.45) is 0 Å². The van der Waals surface area contributed by atoms with Crippen LogP contribution in [0.1, 0.15) is 24.6 Å². The van der Waals surface area contributed by atoms with Crippen molar-refractivity contribution in [1.29, 1.82) is 0 Å². The third-order valence-electron chi connectivity index (χ3n) is 2.90. The van der Waals surface area contributed by atoms with Gasteiger partial charge in [-0.3, -0.25) is 4.79 Å². The lowest BCUT2D eigenvalue weighted by Crippen LogP contribution is -2.27. The number of nitrogens with zero attached hydrogens (tertiary/aromatic N) is 3. The normalized spacial score (nSPS) is 21.4. The van der Waals surface area contributed by atoms with E-state index in [-0.39, 0.29) is 12.3 Å². The van der Waals surface area contributed by atoms with Gasteiger partial charge in [0.1, 0.15) is 6.42 Å². The zero-order valence-electron chi connectivity index (χ0n) is 9.22. The molecule has 0 amide bonds. The number of aliphatic carboxylic acids is 1. The number of likely N-dealkylation sites (N-methyl/N-ethyl adjacent to an activating group) is 1. The highest BCUT2D eigenvalue weighted by molar-refractivity contribution is 5.68. The molecule has 1 aromatic rings. The third kappa shape index (κ3) is 2.57. The fourth-order valence-electron chi connectivity index (χ4n) is 2.02. The molecule has 1 unspecified atom stereocenters. The van der Waals surface area contributed by atoms with E-state index in [0.717, 1.165) is 19.4 Å². The van der Waals surface area contributed by atoms with Crippen LogP contribution in [0.5, 0.6) is 0 Å². The van der Waals surface area contributed by atoms with E-state index in [4.69, 9.17) is 9.63 Å². The SMILES string of the molecule is CN1CCCC1Cc1noc(CC(=O)O)n1. The van der Waals surface area contributed by atoms with E-state index in [1.165, 1.54) is 6.42 Å². The lowest BCUT2D eigenvalue weighted by molar-refractivity contribution is -0.136. The molecule has 6 nitrogen and oxygen atoms in total. The van der Waals surface area contributed by atoms with Crippen molar-refractivity contribution in [3.8, 4) is 0 Å². The average Bonchev–Trinajstić information content (AvgIpc) is 2.77. The summed E-state index contributed by atoms with van der Waals surface area (Å²) in [4.78, 5) is 16.8. The van der Waals surface area contributed by atoms with E-state index in [0.29, 0.717) is 11.9 Å². The molecule has 1 N–H and O–H groups in total. The van der Waals surface area contributed by atoms with E-state index in [1.54, 1.807) is 0 Å². The number of carbonyl (C=O) groups is 1. The first kappa shape index (κ1) is 11.1. The number of hydrogen-bond acceptors (Lipinski definition) is 5. The summed E-state index contributed by atoms with van der Waals surface area (Å²) in [5, 5.41) is 12.4. The van der Waals surface area contributed by atoms with E-state index in [1.807, 2.05) is 0 Å². The highest BCUT2D eigenvalue weighted by Gasteiger charge is 2.23. The molecule has 1 saturated heterocycles. The van der Waals surface area contributed by atoms with Gasteiger partial charge in [-0.15, -0.1) is 0 Å². The van der Waals surface area contributed by atoms with Crippen molar-refractivity contribution in [3.05, 3.63) is 11.7 Å². The number of carboxylic acid groups (broad SMARTS) is 1. The predicted octanol–water partition coefficient (Wildman–Crippen LogP) is 0.333. The van der Waals surface area contributed by atoms with Crippen LogP contribution < -0.4 is 0 Å². The minimum Gasteiger partial charge on any atom is -0.481 e. The van der Waals surface area contributed by atoms with Crippen molar-refractivity contribution in [3.63, 3.8) is 0 Å². The van der Waals surface area contributed by atoms with Crippen molar-refractivity contribution < 1.29 is 14.4 Å². The van der Waals surface area contributed by atoms with Crippen LogP contribution in [0.3, 0.4) is 0 Å². The first-order valence-electron chi connectivity index (χ1n) is 5.38. The van der Waals surface area contributed by atoms with Gasteiger partial charge in [0.05, 0.1) is 0 Å². The minimum atomic E-state index is -0.951. The Balaban J connectivity index is 1.94. The molecule has 0 spiro atoms. The van der Waals surface area contributed by atoms with Crippen LogP contribution in [-0.4, -0.2) is 45.8 Å². The summed E-state index contributed by atoms with van der Waals surface area (Å²) in [6.07, 6.45) is 2.87. The van der Waals surface area contributed by atoms with Gasteiger partial charge in [0.15, 0.2) is 5.82 Å². The Labute approximate surface area is 93.2 Å². The summed E-state index contributed by atoms with van der Waals surface area (Å²) >= 11 is 0. The summed E-state index contributed by atoms with van der Waals surface area (Å²) in [5.41, 5.74) is 0. The predicted molar refractivity (Wildman–Crippen MR) is 55.0 cm³/mol. The van der Waals surface area contributed by atoms with Gasteiger partial charge in [-0.25, -0.2) is 0 Å². The van der Waals surface area contributed by atoms with Gasteiger partial charge in [-0.05, 0) is 26.4 Å². The molecule has 1 atom stereocenters. The zero-order valence-corrected chi connectivity index (χ0v) is 9.22. The van der Waals surface area contributed by atoms with Crippen LogP contribution in [0.2, 0.25) is 0 Å².